The zero-order valence-electron chi connectivity index (χ0n) is 10.5. The van der Waals surface area contributed by atoms with Gasteiger partial charge in [-0.2, -0.15) is 0 Å². The number of anilines is 1. The Hall–Kier alpha value is -1.09. The SMILES string of the molecule is CCC1(Cc2ccc3c(n2)NCCC3)COC1. The van der Waals surface area contributed by atoms with E-state index in [1.165, 1.54) is 24.1 Å². The van der Waals surface area contributed by atoms with Crippen molar-refractivity contribution in [2.75, 3.05) is 25.1 Å². The van der Waals surface area contributed by atoms with Crippen LogP contribution >= 0.6 is 0 Å². The Morgan fingerprint density at radius 2 is 2.29 bits per heavy atom. The molecule has 0 bridgehead atoms. The third kappa shape index (κ3) is 2.04. The molecule has 17 heavy (non-hydrogen) atoms. The van der Waals surface area contributed by atoms with Gasteiger partial charge in [0.1, 0.15) is 5.82 Å². The summed E-state index contributed by atoms with van der Waals surface area (Å²) in [5, 5.41) is 3.40. The average Bonchev–Trinajstić information content (AvgIpc) is 2.34. The summed E-state index contributed by atoms with van der Waals surface area (Å²) in [5.74, 6) is 1.11. The Bertz CT molecular complexity index is 407. The minimum Gasteiger partial charge on any atom is -0.380 e. The van der Waals surface area contributed by atoms with Crippen LogP contribution < -0.4 is 5.32 Å². The first-order chi connectivity index (χ1) is 8.31. The van der Waals surface area contributed by atoms with Crippen LogP contribution in [0.1, 0.15) is 31.0 Å². The number of rotatable bonds is 3. The summed E-state index contributed by atoms with van der Waals surface area (Å²) in [6, 6.07) is 4.44. The van der Waals surface area contributed by atoms with E-state index in [1.54, 1.807) is 0 Å². The van der Waals surface area contributed by atoms with Crippen molar-refractivity contribution in [3.63, 3.8) is 0 Å². The molecule has 0 atom stereocenters. The van der Waals surface area contributed by atoms with Crippen molar-refractivity contribution in [1.29, 1.82) is 0 Å². The van der Waals surface area contributed by atoms with Crippen molar-refractivity contribution >= 4 is 5.82 Å². The molecule has 3 heterocycles. The maximum absolute atomic E-state index is 5.37. The van der Waals surface area contributed by atoms with E-state index >= 15 is 0 Å². The van der Waals surface area contributed by atoms with E-state index in [2.05, 4.69) is 24.4 Å². The van der Waals surface area contributed by atoms with E-state index in [-0.39, 0.29) is 0 Å². The molecule has 2 aliphatic rings. The zero-order valence-corrected chi connectivity index (χ0v) is 10.5. The van der Waals surface area contributed by atoms with Gasteiger partial charge in [0.05, 0.1) is 13.2 Å². The van der Waals surface area contributed by atoms with E-state index in [1.807, 2.05) is 0 Å². The van der Waals surface area contributed by atoms with Gasteiger partial charge in [-0.25, -0.2) is 4.98 Å². The maximum atomic E-state index is 5.37. The molecule has 0 radical (unpaired) electrons. The van der Waals surface area contributed by atoms with Crippen LogP contribution in [0.2, 0.25) is 0 Å². The third-order valence-electron chi connectivity index (χ3n) is 4.07. The van der Waals surface area contributed by atoms with E-state index in [4.69, 9.17) is 9.72 Å². The molecule has 0 spiro atoms. The van der Waals surface area contributed by atoms with Crippen molar-refractivity contribution < 1.29 is 4.74 Å². The molecule has 1 saturated heterocycles. The average molecular weight is 232 g/mol. The summed E-state index contributed by atoms with van der Waals surface area (Å²) in [6.07, 6.45) is 4.62. The fraction of sp³-hybridized carbons (Fsp3) is 0.643. The molecular formula is C14H20N2O. The third-order valence-corrected chi connectivity index (χ3v) is 4.07. The number of pyridine rings is 1. The highest BCUT2D eigenvalue weighted by atomic mass is 16.5. The molecule has 92 valence electrons. The molecule has 0 aliphatic carbocycles. The number of hydrogen-bond donors (Lipinski definition) is 1. The second-order valence-electron chi connectivity index (χ2n) is 5.36. The van der Waals surface area contributed by atoms with Gasteiger partial charge in [-0.05, 0) is 37.3 Å². The molecule has 0 aromatic carbocycles. The standard InChI is InChI=1S/C14H20N2O/c1-2-14(9-17-10-14)8-12-6-5-11-4-3-7-15-13(11)16-12/h5-6H,2-4,7-10H2,1H3,(H,15,16). The van der Waals surface area contributed by atoms with Gasteiger partial charge in [0.25, 0.3) is 0 Å². The molecule has 0 amide bonds. The number of nitrogens with zero attached hydrogens (tertiary/aromatic N) is 1. The van der Waals surface area contributed by atoms with Crippen LogP contribution in [0, 0.1) is 5.41 Å². The highest BCUT2D eigenvalue weighted by molar-refractivity contribution is 5.47. The number of aryl methyl sites for hydroxylation is 1. The van der Waals surface area contributed by atoms with Gasteiger partial charge >= 0.3 is 0 Å². The lowest BCUT2D eigenvalue weighted by Gasteiger charge is -2.40. The summed E-state index contributed by atoms with van der Waals surface area (Å²) in [5.41, 5.74) is 2.94. The zero-order chi connectivity index (χ0) is 11.7. The van der Waals surface area contributed by atoms with E-state index in [0.717, 1.165) is 38.4 Å². The van der Waals surface area contributed by atoms with E-state index < -0.39 is 0 Å². The molecule has 1 aromatic rings. The predicted molar refractivity (Wildman–Crippen MR) is 68.3 cm³/mol. The van der Waals surface area contributed by atoms with Gasteiger partial charge in [-0.1, -0.05) is 13.0 Å². The number of fused-ring (bicyclic) bond motifs is 1. The minimum absolute atomic E-state index is 0.357. The molecule has 2 aliphatic heterocycles. The number of ether oxygens (including phenoxy) is 1. The lowest BCUT2D eigenvalue weighted by Crippen LogP contribution is -2.44. The topological polar surface area (TPSA) is 34.2 Å². The van der Waals surface area contributed by atoms with Gasteiger partial charge in [0, 0.05) is 17.7 Å². The first-order valence-corrected chi connectivity index (χ1v) is 6.62. The van der Waals surface area contributed by atoms with Crippen molar-refractivity contribution in [2.24, 2.45) is 5.41 Å². The Kier molecular flexibility index (Phi) is 2.79. The first kappa shape index (κ1) is 11.0. The summed E-state index contributed by atoms with van der Waals surface area (Å²) in [4.78, 5) is 4.76. The van der Waals surface area contributed by atoms with Gasteiger partial charge in [0.15, 0.2) is 0 Å². The highest BCUT2D eigenvalue weighted by Crippen LogP contribution is 2.35. The van der Waals surface area contributed by atoms with Crippen LogP contribution in [0.3, 0.4) is 0 Å². The molecule has 1 N–H and O–H groups in total. The summed E-state index contributed by atoms with van der Waals surface area (Å²) in [7, 11) is 0. The normalized spacial score (nSPS) is 21.2. The Labute approximate surface area is 103 Å². The van der Waals surface area contributed by atoms with Crippen molar-refractivity contribution in [3.05, 3.63) is 23.4 Å². The molecule has 0 unspecified atom stereocenters. The fourth-order valence-electron chi connectivity index (χ4n) is 2.67. The van der Waals surface area contributed by atoms with Crippen LogP contribution in [-0.2, 0) is 17.6 Å². The second kappa shape index (κ2) is 4.30. The van der Waals surface area contributed by atoms with E-state index in [0.29, 0.717) is 5.41 Å². The maximum Gasteiger partial charge on any atom is 0.129 e. The molecule has 1 fully saturated rings. The second-order valence-corrected chi connectivity index (χ2v) is 5.36. The fourth-order valence-corrected chi connectivity index (χ4v) is 2.67. The molecular weight excluding hydrogens is 212 g/mol. The summed E-state index contributed by atoms with van der Waals surface area (Å²) in [6.45, 7) is 5.11. The van der Waals surface area contributed by atoms with Crippen LogP contribution in [-0.4, -0.2) is 24.7 Å². The Balaban J connectivity index is 1.79. The molecule has 3 rings (SSSR count). The first-order valence-electron chi connectivity index (χ1n) is 6.62. The van der Waals surface area contributed by atoms with Crippen LogP contribution in [0.5, 0.6) is 0 Å². The van der Waals surface area contributed by atoms with E-state index in [9.17, 15) is 0 Å². The summed E-state index contributed by atoms with van der Waals surface area (Å²) >= 11 is 0. The van der Waals surface area contributed by atoms with Crippen molar-refractivity contribution in [2.45, 2.75) is 32.6 Å². The largest absolute Gasteiger partial charge is 0.380 e. The van der Waals surface area contributed by atoms with Crippen molar-refractivity contribution in [1.82, 2.24) is 4.98 Å². The molecule has 3 heteroatoms. The molecule has 1 aromatic heterocycles. The van der Waals surface area contributed by atoms with Gasteiger partial charge in [-0.15, -0.1) is 0 Å². The number of aromatic nitrogens is 1. The predicted octanol–water partition coefficient (Wildman–Crippen LogP) is 2.41. The lowest BCUT2D eigenvalue weighted by molar-refractivity contribution is -0.114. The van der Waals surface area contributed by atoms with Crippen LogP contribution in [0.4, 0.5) is 5.82 Å². The Morgan fingerprint density at radius 3 is 3.00 bits per heavy atom. The quantitative estimate of drug-likeness (QED) is 0.869. The Morgan fingerprint density at radius 1 is 1.41 bits per heavy atom. The van der Waals surface area contributed by atoms with Gasteiger partial charge < -0.3 is 10.1 Å². The van der Waals surface area contributed by atoms with Crippen LogP contribution in [0.15, 0.2) is 12.1 Å². The molecule has 0 saturated carbocycles. The molecule has 3 nitrogen and oxygen atoms in total. The van der Waals surface area contributed by atoms with Crippen LogP contribution in [0.25, 0.3) is 0 Å². The number of hydrogen-bond acceptors (Lipinski definition) is 3. The number of nitrogens with one attached hydrogen (secondary N) is 1. The monoisotopic (exact) mass is 232 g/mol. The van der Waals surface area contributed by atoms with Gasteiger partial charge in [-0.3, -0.25) is 0 Å². The smallest absolute Gasteiger partial charge is 0.129 e. The minimum atomic E-state index is 0.357. The van der Waals surface area contributed by atoms with Crippen molar-refractivity contribution in [3.8, 4) is 0 Å². The lowest BCUT2D eigenvalue weighted by atomic mass is 9.79. The van der Waals surface area contributed by atoms with Gasteiger partial charge in [0.2, 0.25) is 0 Å². The highest BCUT2D eigenvalue weighted by Gasteiger charge is 2.37. The summed E-state index contributed by atoms with van der Waals surface area (Å²) < 4.78 is 5.37.